The molecule has 0 aromatic rings. The molecule has 0 aliphatic heterocycles. The molecule has 95 valence electrons. The molecule has 15 heavy (non-hydrogen) atoms. The van der Waals surface area contributed by atoms with Crippen LogP contribution in [-0.2, 0) is 60.3 Å². The maximum atomic E-state index is 8.55. The van der Waals surface area contributed by atoms with Gasteiger partial charge in [0.15, 0.2) is 0 Å². The van der Waals surface area contributed by atoms with Gasteiger partial charge in [0.2, 0.25) is 0 Å². The van der Waals surface area contributed by atoms with E-state index in [1.54, 1.807) is 0 Å². The second kappa shape index (κ2) is 18.1. The fraction of sp³-hybridized carbons (Fsp3) is 0. The molecule has 0 unspecified atom stereocenters. The Balaban J connectivity index is -0.0000000128. The van der Waals surface area contributed by atoms with Crippen molar-refractivity contribution in [2.75, 3.05) is 0 Å². The Morgan fingerprint density at radius 3 is 0.533 bits per heavy atom. The Bertz CT molecular complexity index is 131. The first-order valence-electron chi connectivity index (χ1n) is 1.46. The maximum Gasteiger partial charge on any atom is 2.00 e. The van der Waals surface area contributed by atoms with E-state index in [2.05, 4.69) is 0 Å². The van der Waals surface area contributed by atoms with E-state index in [9.17, 15) is 0 Å². The molecule has 0 atom stereocenters. The fourth-order valence-corrected chi connectivity index (χ4v) is 0. The first-order valence-corrected chi connectivity index (χ1v) is 4.38. The molecule has 0 rings (SSSR count). The van der Waals surface area contributed by atoms with Crippen LogP contribution < -0.4 is 29.4 Å². The van der Waals surface area contributed by atoms with Crippen LogP contribution >= 0.6 is 15.6 Å². The van der Waals surface area contributed by atoms with Crippen molar-refractivity contribution < 1.29 is 101 Å². The minimum atomic E-state index is -5.39. The van der Waals surface area contributed by atoms with Crippen LogP contribution in [0.25, 0.3) is 0 Å². The van der Waals surface area contributed by atoms with Gasteiger partial charge in [0.05, 0.1) is 0 Å². The van der Waals surface area contributed by atoms with Crippen LogP contribution in [0.1, 0.15) is 0 Å². The van der Waals surface area contributed by atoms with Crippen molar-refractivity contribution in [3.05, 3.63) is 0 Å². The molecule has 0 amide bonds. The fourth-order valence-electron chi connectivity index (χ4n) is 0. The largest absolute Gasteiger partial charge is 2.00 e. The average molecular weight is 391 g/mol. The molecule has 10 nitrogen and oxygen atoms in total. The summed E-state index contributed by atoms with van der Waals surface area (Å²) in [6, 6.07) is 0. The van der Waals surface area contributed by atoms with Gasteiger partial charge < -0.3 is 49.4 Å². The molecule has 0 aromatic carbocycles. The van der Waals surface area contributed by atoms with Crippen LogP contribution in [0, 0.1) is 0 Å². The molecule has 0 spiro atoms. The van der Waals surface area contributed by atoms with Gasteiger partial charge in [0.25, 0.3) is 0 Å². The Morgan fingerprint density at radius 1 is 0.533 bits per heavy atom. The van der Waals surface area contributed by atoms with Gasteiger partial charge in [-0.25, -0.2) is 0 Å². The van der Waals surface area contributed by atoms with Crippen LogP contribution in [0.15, 0.2) is 0 Å². The second-order valence-electron chi connectivity index (χ2n) is 0.894. The van der Waals surface area contributed by atoms with Gasteiger partial charge in [-0.2, -0.15) is 15.6 Å². The zero-order chi connectivity index (χ0) is 9.00. The van der Waals surface area contributed by atoms with Gasteiger partial charge in [0.1, 0.15) is 0 Å². The number of phosphoric acid groups is 2. The third-order valence-corrected chi connectivity index (χ3v) is 0. The van der Waals surface area contributed by atoms with Gasteiger partial charge >= 0.3 is 51.2 Å². The molecule has 0 aliphatic carbocycles. The van der Waals surface area contributed by atoms with Crippen molar-refractivity contribution in [3.8, 4) is 0 Å². The van der Waals surface area contributed by atoms with Gasteiger partial charge in [-0.3, -0.25) is 0 Å². The first kappa shape index (κ1) is 43.8. The van der Waals surface area contributed by atoms with E-state index < -0.39 is 15.6 Å². The van der Waals surface area contributed by atoms with Gasteiger partial charge in [-0.1, -0.05) is 0 Å². The predicted molar refractivity (Wildman–Crippen MR) is 22.4 cm³/mol. The molecule has 0 saturated carbocycles. The van der Waals surface area contributed by atoms with Crippen LogP contribution in [0.4, 0.5) is 0 Å². The average Bonchev–Trinajstić information content (AvgIpc) is 1.12. The summed E-state index contributed by atoms with van der Waals surface area (Å²) in [4.78, 5) is 51.3. The molecule has 0 aliphatic rings. The minimum absolute atomic E-state index is 0. The molecule has 0 heterocycles. The standard InChI is InChI=1S/3Mn.2H3O4P.2H2O/c;;;2*1-5(2,3)4;;/h;;;2*(H3,1,2,3,4);2*1H2/q3*+2;;;;/p-6. The Morgan fingerprint density at radius 2 is 0.533 bits per heavy atom. The molecule has 0 bridgehead atoms. The van der Waals surface area contributed by atoms with E-state index >= 15 is 0 Å². The van der Waals surface area contributed by atoms with E-state index in [-0.39, 0.29) is 62.2 Å². The zero-order valence-electron chi connectivity index (χ0n) is 6.29. The molecular formula is H4Mn3O10P2. The Kier molecular flexibility index (Phi) is 52.7. The van der Waals surface area contributed by atoms with Gasteiger partial charge in [-0.15, -0.1) is 0 Å². The summed E-state index contributed by atoms with van der Waals surface area (Å²) in [5.41, 5.74) is 0. The molecule has 3 radical (unpaired) electrons. The third kappa shape index (κ3) is 1020. The van der Waals surface area contributed by atoms with Crippen LogP contribution in [0.2, 0.25) is 0 Å². The van der Waals surface area contributed by atoms with Crippen molar-refractivity contribution in [1.82, 2.24) is 0 Å². The summed E-state index contributed by atoms with van der Waals surface area (Å²) >= 11 is 0. The van der Waals surface area contributed by atoms with Crippen molar-refractivity contribution in [3.63, 3.8) is 0 Å². The van der Waals surface area contributed by atoms with Crippen LogP contribution in [0.5, 0.6) is 0 Å². The normalized spacial score (nSPS) is 7.87. The Labute approximate surface area is 116 Å². The van der Waals surface area contributed by atoms with E-state index in [1.807, 2.05) is 0 Å². The summed E-state index contributed by atoms with van der Waals surface area (Å²) in [5.74, 6) is 0. The zero-order valence-corrected chi connectivity index (χ0v) is 11.6. The van der Waals surface area contributed by atoms with Gasteiger partial charge in [0, 0.05) is 0 Å². The molecular weight excluding hydrogens is 387 g/mol. The number of hydrogen-bond donors (Lipinski definition) is 0. The van der Waals surface area contributed by atoms with Crippen LogP contribution in [0.3, 0.4) is 0 Å². The summed E-state index contributed by atoms with van der Waals surface area (Å²) in [6.45, 7) is 0. The van der Waals surface area contributed by atoms with Crippen molar-refractivity contribution in [2.45, 2.75) is 0 Å². The third-order valence-electron chi connectivity index (χ3n) is 0. The predicted octanol–water partition coefficient (Wildman–Crippen LogP) is -7.31. The smallest absolute Gasteiger partial charge is 0.822 e. The second-order valence-corrected chi connectivity index (χ2v) is 2.68. The van der Waals surface area contributed by atoms with E-state index in [0.717, 1.165) is 0 Å². The number of rotatable bonds is 0. The van der Waals surface area contributed by atoms with Crippen molar-refractivity contribution >= 4 is 15.6 Å². The van der Waals surface area contributed by atoms with E-state index in [4.69, 9.17) is 38.5 Å². The Hall–Kier alpha value is 1.70. The van der Waals surface area contributed by atoms with E-state index in [1.165, 1.54) is 0 Å². The molecule has 0 saturated heterocycles. The monoisotopic (exact) mass is 391 g/mol. The first-order chi connectivity index (χ1) is 4.00. The van der Waals surface area contributed by atoms with E-state index in [0.29, 0.717) is 0 Å². The molecule has 4 N–H and O–H groups in total. The maximum absolute atomic E-state index is 8.55. The van der Waals surface area contributed by atoms with Crippen LogP contribution in [-0.4, -0.2) is 11.0 Å². The summed E-state index contributed by atoms with van der Waals surface area (Å²) in [6.07, 6.45) is 0. The van der Waals surface area contributed by atoms with Gasteiger partial charge in [-0.05, 0) is 0 Å². The molecule has 0 aromatic heterocycles. The topological polar surface area (TPSA) is 236 Å². The summed E-state index contributed by atoms with van der Waals surface area (Å²) in [7, 11) is -10.8. The van der Waals surface area contributed by atoms with Crippen molar-refractivity contribution in [1.29, 1.82) is 0 Å². The number of hydrogen-bond acceptors (Lipinski definition) is 8. The SMILES string of the molecule is O.O.O=P([O-])([O-])[O-].O=P([O-])([O-])[O-].[Mn+2].[Mn+2].[Mn+2]. The molecule has 15 heteroatoms. The quantitative estimate of drug-likeness (QED) is 0.283. The van der Waals surface area contributed by atoms with Crippen molar-refractivity contribution in [2.24, 2.45) is 0 Å². The summed E-state index contributed by atoms with van der Waals surface area (Å²) in [5, 5.41) is 0. The summed E-state index contributed by atoms with van der Waals surface area (Å²) < 4.78 is 17.1. The minimum Gasteiger partial charge on any atom is -0.822 e. The molecule has 0 fully saturated rings.